The van der Waals surface area contributed by atoms with Crippen molar-refractivity contribution in [3.63, 3.8) is 0 Å². The highest BCUT2D eigenvalue weighted by molar-refractivity contribution is 5.90. The van der Waals surface area contributed by atoms with Gasteiger partial charge >= 0.3 is 0 Å². The molecule has 2 rings (SSSR count). The number of rotatable bonds is 4. The highest BCUT2D eigenvalue weighted by Gasteiger charge is 2.16. The fourth-order valence-electron chi connectivity index (χ4n) is 1.77. The molecular formula is C14H18N4O. The summed E-state index contributed by atoms with van der Waals surface area (Å²) in [7, 11) is 0. The van der Waals surface area contributed by atoms with Crippen LogP contribution in [0.4, 0.5) is 0 Å². The highest BCUT2D eigenvalue weighted by Crippen LogP contribution is 2.28. The van der Waals surface area contributed by atoms with Crippen molar-refractivity contribution in [2.45, 2.75) is 33.6 Å². The molecule has 2 aromatic heterocycles. The van der Waals surface area contributed by atoms with E-state index in [9.17, 15) is 0 Å². The number of aromatic nitrogens is 4. The first kappa shape index (κ1) is 13.4. The second kappa shape index (κ2) is 5.30. The lowest BCUT2D eigenvalue weighted by atomic mass is 10.1. The summed E-state index contributed by atoms with van der Waals surface area (Å²) in [5.41, 5.74) is 2.22. The lowest BCUT2D eigenvalue weighted by molar-refractivity contribution is 0.330. The summed E-state index contributed by atoms with van der Waals surface area (Å²) >= 11 is 0. The Balaban J connectivity index is 2.79. The van der Waals surface area contributed by atoms with Crippen LogP contribution in [0, 0.1) is 0 Å². The van der Waals surface area contributed by atoms with Crippen molar-refractivity contribution < 1.29 is 4.74 Å². The van der Waals surface area contributed by atoms with Gasteiger partial charge in [-0.05, 0) is 19.4 Å². The van der Waals surface area contributed by atoms with Gasteiger partial charge in [-0.25, -0.2) is 19.9 Å². The molecule has 0 spiro atoms. The molecule has 0 radical (unpaired) electrons. The van der Waals surface area contributed by atoms with Gasteiger partial charge in [0.25, 0.3) is 0 Å². The lowest BCUT2D eigenvalue weighted by Gasteiger charge is -2.12. The van der Waals surface area contributed by atoms with E-state index in [4.69, 9.17) is 4.74 Å². The molecule has 0 N–H and O–H groups in total. The predicted molar refractivity (Wildman–Crippen MR) is 75.1 cm³/mol. The minimum absolute atomic E-state index is 0.230. The number of hydrogen-bond donors (Lipinski definition) is 0. The second-order valence-electron chi connectivity index (χ2n) is 4.68. The number of hydrogen-bond acceptors (Lipinski definition) is 5. The fourth-order valence-corrected chi connectivity index (χ4v) is 1.77. The van der Waals surface area contributed by atoms with E-state index in [1.165, 1.54) is 6.33 Å². The Hall–Kier alpha value is -2.04. The van der Waals surface area contributed by atoms with Crippen LogP contribution in [0.1, 0.15) is 45.1 Å². The first-order valence-electron chi connectivity index (χ1n) is 6.35. The molecule has 100 valence electrons. The van der Waals surface area contributed by atoms with Crippen LogP contribution in [0.15, 0.2) is 12.9 Å². The van der Waals surface area contributed by atoms with Gasteiger partial charge in [0.15, 0.2) is 5.65 Å². The largest absolute Gasteiger partial charge is 0.477 e. The van der Waals surface area contributed by atoms with E-state index < -0.39 is 0 Å². The van der Waals surface area contributed by atoms with Crippen molar-refractivity contribution in [3.05, 3.63) is 24.4 Å². The predicted octanol–water partition coefficient (Wildman–Crippen LogP) is 2.98. The van der Waals surface area contributed by atoms with E-state index in [0.717, 1.165) is 22.5 Å². The summed E-state index contributed by atoms with van der Waals surface area (Å²) in [4.78, 5) is 17.4. The quantitative estimate of drug-likeness (QED) is 0.843. The summed E-state index contributed by atoms with van der Waals surface area (Å²) in [6, 6.07) is 0. The first-order valence-corrected chi connectivity index (χ1v) is 6.35. The molecule has 0 saturated heterocycles. The Morgan fingerprint density at radius 3 is 2.63 bits per heavy atom. The molecule has 0 aliphatic rings. The third-order valence-corrected chi connectivity index (χ3v) is 2.68. The number of ether oxygens (including phenoxy) is 1. The number of fused-ring (bicyclic) bond motifs is 1. The third kappa shape index (κ3) is 2.54. The van der Waals surface area contributed by atoms with Crippen LogP contribution in [-0.2, 0) is 0 Å². The van der Waals surface area contributed by atoms with Crippen molar-refractivity contribution in [2.75, 3.05) is 6.61 Å². The van der Waals surface area contributed by atoms with E-state index in [0.29, 0.717) is 18.1 Å². The van der Waals surface area contributed by atoms with Crippen molar-refractivity contribution in [1.29, 1.82) is 0 Å². The van der Waals surface area contributed by atoms with E-state index >= 15 is 0 Å². The molecule has 0 atom stereocenters. The average molecular weight is 258 g/mol. The zero-order valence-corrected chi connectivity index (χ0v) is 11.8. The van der Waals surface area contributed by atoms with Crippen LogP contribution >= 0.6 is 0 Å². The van der Waals surface area contributed by atoms with Gasteiger partial charge in [0.1, 0.15) is 17.5 Å². The van der Waals surface area contributed by atoms with Crippen LogP contribution in [0.25, 0.3) is 16.6 Å². The number of allylic oxidation sites excluding steroid dienone is 1. The molecule has 5 heteroatoms. The van der Waals surface area contributed by atoms with Crippen LogP contribution in [0.2, 0.25) is 0 Å². The van der Waals surface area contributed by atoms with Crippen LogP contribution in [0.3, 0.4) is 0 Å². The molecule has 0 amide bonds. The maximum absolute atomic E-state index is 5.54. The van der Waals surface area contributed by atoms with Crippen molar-refractivity contribution in [2.24, 2.45) is 0 Å². The summed E-state index contributed by atoms with van der Waals surface area (Å²) in [6.45, 7) is 12.4. The fraction of sp³-hybridized carbons (Fsp3) is 0.429. The molecular weight excluding hydrogens is 240 g/mol. The molecule has 0 aromatic carbocycles. The SMILES string of the molecule is C=C(C)c1nc(C(C)C)nc2ncnc(OCC)c12. The molecule has 0 saturated carbocycles. The maximum Gasteiger partial charge on any atom is 0.228 e. The summed E-state index contributed by atoms with van der Waals surface area (Å²) < 4.78 is 5.54. The monoisotopic (exact) mass is 258 g/mol. The molecule has 19 heavy (non-hydrogen) atoms. The molecule has 5 nitrogen and oxygen atoms in total. The Kier molecular flexibility index (Phi) is 3.74. The first-order chi connectivity index (χ1) is 9.04. The molecule has 2 heterocycles. The zero-order chi connectivity index (χ0) is 14.0. The van der Waals surface area contributed by atoms with Crippen LogP contribution < -0.4 is 4.74 Å². The minimum atomic E-state index is 0.230. The average Bonchev–Trinajstić information content (AvgIpc) is 2.37. The maximum atomic E-state index is 5.54. The van der Waals surface area contributed by atoms with E-state index in [2.05, 4.69) is 26.5 Å². The van der Waals surface area contributed by atoms with Crippen molar-refractivity contribution in [1.82, 2.24) is 19.9 Å². The molecule has 2 aromatic rings. The normalized spacial score (nSPS) is 11.0. The van der Waals surface area contributed by atoms with Crippen LogP contribution in [0.5, 0.6) is 5.88 Å². The topological polar surface area (TPSA) is 60.8 Å². The minimum Gasteiger partial charge on any atom is -0.477 e. The van der Waals surface area contributed by atoms with Gasteiger partial charge in [0.2, 0.25) is 5.88 Å². The van der Waals surface area contributed by atoms with Gasteiger partial charge < -0.3 is 4.74 Å². The van der Waals surface area contributed by atoms with Crippen molar-refractivity contribution >= 4 is 16.6 Å². The van der Waals surface area contributed by atoms with Crippen molar-refractivity contribution in [3.8, 4) is 5.88 Å². The van der Waals surface area contributed by atoms with Gasteiger partial charge in [-0.3, -0.25) is 0 Å². The van der Waals surface area contributed by atoms with E-state index in [1.807, 2.05) is 27.7 Å². The Labute approximate surface area is 112 Å². The summed E-state index contributed by atoms with van der Waals surface area (Å²) in [6.07, 6.45) is 1.46. The molecule has 0 fully saturated rings. The van der Waals surface area contributed by atoms with Gasteiger partial charge in [0.05, 0.1) is 12.3 Å². The Morgan fingerprint density at radius 2 is 2.05 bits per heavy atom. The smallest absolute Gasteiger partial charge is 0.228 e. The Bertz CT molecular complexity index is 622. The Morgan fingerprint density at radius 1 is 1.32 bits per heavy atom. The molecule has 0 bridgehead atoms. The summed E-state index contributed by atoms with van der Waals surface area (Å²) in [5, 5.41) is 0.737. The molecule has 0 unspecified atom stereocenters. The highest BCUT2D eigenvalue weighted by atomic mass is 16.5. The lowest BCUT2D eigenvalue weighted by Crippen LogP contribution is -2.06. The van der Waals surface area contributed by atoms with Gasteiger partial charge in [0, 0.05) is 5.92 Å². The molecule has 0 aliphatic carbocycles. The standard InChI is InChI=1S/C14H18N4O/c1-6-19-14-10-11(8(2)3)17-12(9(4)5)18-13(10)15-7-16-14/h7,9H,2,6H2,1,3-5H3. The van der Waals surface area contributed by atoms with Gasteiger partial charge in [-0.1, -0.05) is 20.4 Å². The third-order valence-electron chi connectivity index (χ3n) is 2.68. The van der Waals surface area contributed by atoms with E-state index in [1.54, 1.807) is 0 Å². The summed E-state index contributed by atoms with van der Waals surface area (Å²) in [5.74, 6) is 1.50. The number of nitrogens with zero attached hydrogens (tertiary/aromatic N) is 4. The van der Waals surface area contributed by atoms with Gasteiger partial charge in [-0.2, -0.15) is 0 Å². The van der Waals surface area contributed by atoms with Crippen LogP contribution in [-0.4, -0.2) is 26.5 Å². The van der Waals surface area contributed by atoms with E-state index in [-0.39, 0.29) is 5.92 Å². The second-order valence-corrected chi connectivity index (χ2v) is 4.68. The molecule has 0 aliphatic heterocycles. The van der Waals surface area contributed by atoms with Gasteiger partial charge in [-0.15, -0.1) is 0 Å². The zero-order valence-electron chi connectivity index (χ0n) is 11.8.